The first-order chi connectivity index (χ1) is 14.1. The molecule has 158 valence electrons. The van der Waals surface area contributed by atoms with Crippen molar-refractivity contribution in [3.63, 3.8) is 0 Å². The largest absolute Gasteiger partial charge is 0.487 e. The zero-order chi connectivity index (χ0) is 20.4. The predicted octanol–water partition coefficient (Wildman–Crippen LogP) is 2.34. The van der Waals surface area contributed by atoms with Crippen molar-refractivity contribution in [3.8, 4) is 5.75 Å². The molecule has 1 aliphatic carbocycles. The van der Waals surface area contributed by atoms with Gasteiger partial charge in [-0.15, -0.1) is 0 Å². The van der Waals surface area contributed by atoms with Gasteiger partial charge in [-0.1, -0.05) is 13.3 Å². The molecule has 1 saturated carbocycles. The van der Waals surface area contributed by atoms with Crippen LogP contribution < -0.4 is 15.4 Å². The van der Waals surface area contributed by atoms with E-state index >= 15 is 0 Å². The Hall–Kier alpha value is -2.12. The summed E-state index contributed by atoms with van der Waals surface area (Å²) in [6, 6.07) is 5.71. The number of amides is 2. The van der Waals surface area contributed by atoms with E-state index < -0.39 is 6.10 Å². The van der Waals surface area contributed by atoms with Crippen LogP contribution in [0.3, 0.4) is 0 Å². The van der Waals surface area contributed by atoms with Gasteiger partial charge in [-0.3, -0.25) is 9.59 Å². The molecule has 0 aromatic heterocycles. The summed E-state index contributed by atoms with van der Waals surface area (Å²) >= 11 is 0. The Bertz CT molecular complexity index is 764. The number of carbonyl (C=O) groups is 2. The van der Waals surface area contributed by atoms with Crippen molar-refractivity contribution in [2.24, 2.45) is 5.92 Å². The average molecular weight is 402 g/mol. The molecule has 0 unspecified atom stereocenters. The van der Waals surface area contributed by atoms with Crippen molar-refractivity contribution in [2.45, 2.75) is 69.7 Å². The highest BCUT2D eigenvalue weighted by Crippen LogP contribution is 2.47. The smallest absolute Gasteiger partial charge is 0.227 e. The maximum absolute atomic E-state index is 12.3. The Labute approximate surface area is 171 Å². The zero-order valence-electron chi connectivity index (χ0n) is 16.9. The second-order valence-corrected chi connectivity index (χ2v) is 8.33. The van der Waals surface area contributed by atoms with Gasteiger partial charge in [-0.2, -0.15) is 0 Å². The summed E-state index contributed by atoms with van der Waals surface area (Å²) in [5, 5.41) is 15.7. The van der Waals surface area contributed by atoms with Crippen LogP contribution in [0.2, 0.25) is 0 Å². The van der Waals surface area contributed by atoms with E-state index in [0.29, 0.717) is 13.0 Å². The topological polar surface area (TPSA) is 96.9 Å². The van der Waals surface area contributed by atoms with Crippen molar-refractivity contribution >= 4 is 17.5 Å². The molecular formula is C22H30N2O5. The van der Waals surface area contributed by atoms with E-state index in [9.17, 15) is 14.7 Å². The first-order valence-electron chi connectivity index (χ1n) is 10.7. The second-order valence-electron chi connectivity index (χ2n) is 8.33. The minimum atomic E-state index is -0.474. The Morgan fingerprint density at radius 3 is 2.79 bits per heavy atom. The molecule has 4 atom stereocenters. The molecule has 1 saturated heterocycles. The highest BCUT2D eigenvalue weighted by molar-refractivity contribution is 5.93. The molecule has 2 heterocycles. The van der Waals surface area contributed by atoms with Gasteiger partial charge < -0.3 is 25.2 Å². The molecule has 2 fully saturated rings. The van der Waals surface area contributed by atoms with E-state index in [1.165, 1.54) is 0 Å². The minimum absolute atomic E-state index is 0.0282. The minimum Gasteiger partial charge on any atom is -0.487 e. The van der Waals surface area contributed by atoms with E-state index in [2.05, 4.69) is 10.6 Å². The van der Waals surface area contributed by atoms with E-state index in [1.807, 2.05) is 25.1 Å². The third-order valence-corrected chi connectivity index (χ3v) is 6.23. The lowest BCUT2D eigenvalue weighted by Crippen LogP contribution is -2.47. The number of aliphatic hydroxyl groups is 1. The molecule has 2 amide bonds. The van der Waals surface area contributed by atoms with Crippen LogP contribution in [0, 0.1) is 5.92 Å². The number of hydrogen-bond donors (Lipinski definition) is 3. The standard InChI is InChI=1S/C22H30N2O5/c1-2-8-23-20(26)11-15-10-17-16-9-14(24-22(27)13-4-3-5-13)6-7-18(16)29-21(17)19(12-25)28-15/h6-7,9,13,15,17,19,21,25H,2-5,8,10-12H2,1H3,(H,23,26)(H,24,27)/t15-,17+,19-,21-/m0/s1. The Morgan fingerprint density at radius 2 is 2.10 bits per heavy atom. The van der Waals surface area contributed by atoms with E-state index in [-0.39, 0.29) is 48.9 Å². The summed E-state index contributed by atoms with van der Waals surface area (Å²) in [5.41, 5.74) is 1.79. The van der Waals surface area contributed by atoms with Crippen LogP contribution in [0.15, 0.2) is 18.2 Å². The van der Waals surface area contributed by atoms with Gasteiger partial charge in [0.2, 0.25) is 11.8 Å². The molecule has 0 spiro atoms. The second kappa shape index (κ2) is 8.71. The van der Waals surface area contributed by atoms with E-state index in [1.54, 1.807) is 0 Å². The van der Waals surface area contributed by atoms with E-state index in [4.69, 9.17) is 9.47 Å². The summed E-state index contributed by atoms with van der Waals surface area (Å²) < 4.78 is 12.0. The van der Waals surface area contributed by atoms with Crippen molar-refractivity contribution < 1.29 is 24.2 Å². The number of anilines is 1. The fourth-order valence-corrected chi connectivity index (χ4v) is 4.43. The number of nitrogens with one attached hydrogen (secondary N) is 2. The van der Waals surface area contributed by atoms with Crippen LogP contribution in [0.1, 0.15) is 56.9 Å². The Morgan fingerprint density at radius 1 is 1.28 bits per heavy atom. The number of fused-ring (bicyclic) bond motifs is 3. The first kappa shape index (κ1) is 20.2. The molecule has 7 heteroatoms. The third kappa shape index (κ3) is 4.26. The highest BCUT2D eigenvalue weighted by atomic mass is 16.6. The van der Waals surface area contributed by atoms with Crippen LogP contribution in [-0.4, -0.2) is 48.4 Å². The van der Waals surface area contributed by atoms with Crippen molar-refractivity contribution in [2.75, 3.05) is 18.5 Å². The van der Waals surface area contributed by atoms with E-state index in [0.717, 1.165) is 42.7 Å². The molecule has 4 rings (SSSR count). The highest BCUT2D eigenvalue weighted by Gasteiger charge is 2.46. The summed E-state index contributed by atoms with van der Waals surface area (Å²) in [6.45, 7) is 2.50. The van der Waals surface area contributed by atoms with Crippen LogP contribution in [0.25, 0.3) is 0 Å². The molecule has 2 aliphatic heterocycles. The molecule has 29 heavy (non-hydrogen) atoms. The number of benzene rings is 1. The molecule has 0 bridgehead atoms. The molecular weight excluding hydrogens is 372 g/mol. The number of hydrogen-bond acceptors (Lipinski definition) is 5. The predicted molar refractivity (Wildman–Crippen MR) is 108 cm³/mol. The summed E-state index contributed by atoms with van der Waals surface area (Å²) in [7, 11) is 0. The summed E-state index contributed by atoms with van der Waals surface area (Å²) in [5.74, 6) is 0.963. The van der Waals surface area contributed by atoms with Crippen molar-refractivity contribution in [1.82, 2.24) is 5.32 Å². The Kier molecular flexibility index (Phi) is 6.06. The SMILES string of the molecule is CCCNC(=O)C[C@@H]1C[C@@H]2c3cc(NC(=O)C4CCC4)ccc3O[C@@H]2[C@H](CO)O1. The van der Waals surface area contributed by atoms with Gasteiger partial charge in [-0.25, -0.2) is 0 Å². The fraction of sp³-hybridized carbons (Fsp3) is 0.636. The number of ether oxygens (including phenoxy) is 2. The molecule has 0 radical (unpaired) electrons. The molecule has 1 aromatic rings. The fourth-order valence-electron chi connectivity index (χ4n) is 4.43. The number of rotatable bonds is 7. The maximum atomic E-state index is 12.3. The van der Waals surface area contributed by atoms with Gasteiger partial charge in [0.25, 0.3) is 0 Å². The lowest BCUT2D eigenvalue weighted by molar-refractivity contribution is -0.142. The summed E-state index contributed by atoms with van der Waals surface area (Å²) in [6.07, 6.45) is 3.83. The van der Waals surface area contributed by atoms with Crippen LogP contribution >= 0.6 is 0 Å². The van der Waals surface area contributed by atoms with Crippen molar-refractivity contribution in [1.29, 1.82) is 0 Å². The molecule has 3 aliphatic rings. The van der Waals surface area contributed by atoms with Crippen molar-refractivity contribution in [3.05, 3.63) is 23.8 Å². The van der Waals surface area contributed by atoms with Crippen LogP contribution in [0.4, 0.5) is 5.69 Å². The lowest BCUT2D eigenvalue weighted by atomic mass is 9.83. The molecule has 7 nitrogen and oxygen atoms in total. The van der Waals surface area contributed by atoms with Gasteiger partial charge in [0.1, 0.15) is 18.0 Å². The van der Waals surface area contributed by atoms with Gasteiger partial charge in [0.15, 0.2) is 0 Å². The quantitative estimate of drug-likeness (QED) is 0.650. The van der Waals surface area contributed by atoms with Gasteiger partial charge >= 0.3 is 0 Å². The lowest BCUT2D eigenvalue weighted by Gasteiger charge is -2.37. The van der Waals surface area contributed by atoms with Gasteiger partial charge in [0.05, 0.1) is 19.1 Å². The monoisotopic (exact) mass is 402 g/mol. The molecule has 1 aromatic carbocycles. The third-order valence-electron chi connectivity index (χ3n) is 6.23. The molecule has 3 N–H and O–H groups in total. The average Bonchev–Trinajstić information content (AvgIpc) is 3.02. The Balaban J connectivity index is 1.47. The maximum Gasteiger partial charge on any atom is 0.227 e. The zero-order valence-corrected chi connectivity index (χ0v) is 16.9. The summed E-state index contributed by atoms with van der Waals surface area (Å²) in [4.78, 5) is 24.4. The normalized spacial score (nSPS) is 27.9. The number of aliphatic hydroxyl groups excluding tert-OH is 1. The van der Waals surface area contributed by atoms with Gasteiger partial charge in [-0.05, 0) is 43.9 Å². The first-order valence-corrected chi connectivity index (χ1v) is 10.7. The van der Waals surface area contributed by atoms with Crippen LogP contribution in [-0.2, 0) is 14.3 Å². The van der Waals surface area contributed by atoms with Gasteiger partial charge in [0, 0.05) is 29.6 Å². The van der Waals surface area contributed by atoms with Crippen LogP contribution in [0.5, 0.6) is 5.75 Å². The number of carbonyl (C=O) groups excluding carboxylic acids is 2.